The number of halogens is 3. The van der Waals surface area contributed by atoms with Crippen LogP contribution in [0.4, 0.5) is 13.2 Å². The number of hydrogen-bond acceptors (Lipinski definition) is 3. The van der Waals surface area contributed by atoms with Crippen molar-refractivity contribution in [3.63, 3.8) is 0 Å². The van der Waals surface area contributed by atoms with Gasteiger partial charge in [0.1, 0.15) is 0 Å². The van der Waals surface area contributed by atoms with Crippen molar-refractivity contribution in [3.05, 3.63) is 0 Å². The Morgan fingerprint density at radius 2 is 1.27 bits per heavy atom. The SMILES string of the molecule is CCCCCCCCC[N+]1(CCC)CCCCC1.O=S(=O)([O-])C(F)(F)F. The second-order valence-electron chi connectivity index (χ2n) is 7.32. The Hall–Kier alpha value is -0.340. The lowest BCUT2D eigenvalue weighted by atomic mass is 10.0. The van der Waals surface area contributed by atoms with Crippen molar-refractivity contribution in [1.82, 2.24) is 0 Å². The van der Waals surface area contributed by atoms with E-state index in [0.29, 0.717) is 0 Å². The summed E-state index contributed by atoms with van der Waals surface area (Å²) in [6.07, 6.45) is 16.0. The summed E-state index contributed by atoms with van der Waals surface area (Å²) < 4.78 is 60.4. The van der Waals surface area contributed by atoms with Gasteiger partial charge < -0.3 is 9.04 Å². The van der Waals surface area contributed by atoms with E-state index in [2.05, 4.69) is 13.8 Å². The smallest absolute Gasteiger partial charge is 0.485 e. The average molecular weight is 404 g/mol. The molecular weight excluding hydrogens is 367 g/mol. The van der Waals surface area contributed by atoms with Crippen molar-refractivity contribution in [3.8, 4) is 0 Å². The molecule has 0 amide bonds. The van der Waals surface area contributed by atoms with E-state index in [0.717, 1.165) is 0 Å². The van der Waals surface area contributed by atoms with E-state index in [1.807, 2.05) is 0 Å². The topological polar surface area (TPSA) is 57.2 Å². The molecule has 0 atom stereocenters. The molecule has 0 aromatic rings. The van der Waals surface area contributed by atoms with Crippen LogP contribution in [0, 0.1) is 0 Å². The van der Waals surface area contributed by atoms with Crippen molar-refractivity contribution in [1.29, 1.82) is 0 Å². The third-order valence-corrected chi connectivity index (χ3v) is 5.55. The molecule has 8 heteroatoms. The van der Waals surface area contributed by atoms with Crippen LogP contribution in [-0.2, 0) is 10.1 Å². The minimum atomic E-state index is -6.09. The van der Waals surface area contributed by atoms with Gasteiger partial charge in [-0.3, -0.25) is 0 Å². The zero-order chi connectivity index (χ0) is 20.1. The fourth-order valence-corrected chi connectivity index (χ4v) is 3.62. The molecular formula is C18H36F3NO3S. The molecule has 0 radical (unpaired) electrons. The van der Waals surface area contributed by atoms with E-state index in [1.54, 1.807) is 0 Å². The van der Waals surface area contributed by atoms with Crippen molar-refractivity contribution in [2.24, 2.45) is 0 Å². The number of nitrogens with zero attached hydrogens (tertiary/aromatic N) is 1. The largest absolute Gasteiger partial charge is 0.741 e. The number of piperidine rings is 1. The first-order chi connectivity index (χ1) is 12.1. The first-order valence-electron chi connectivity index (χ1n) is 9.95. The molecule has 26 heavy (non-hydrogen) atoms. The van der Waals surface area contributed by atoms with E-state index in [1.165, 1.54) is 101 Å². The summed E-state index contributed by atoms with van der Waals surface area (Å²) >= 11 is 0. The summed E-state index contributed by atoms with van der Waals surface area (Å²) in [7, 11) is -6.09. The van der Waals surface area contributed by atoms with Gasteiger partial charge in [-0.1, -0.05) is 46.0 Å². The van der Waals surface area contributed by atoms with E-state index >= 15 is 0 Å². The van der Waals surface area contributed by atoms with Crippen LogP contribution in [0.15, 0.2) is 0 Å². The monoisotopic (exact) mass is 403 g/mol. The fourth-order valence-electron chi connectivity index (χ4n) is 3.62. The van der Waals surface area contributed by atoms with Crippen LogP contribution >= 0.6 is 0 Å². The molecule has 1 fully saturated rings. The molecule has 0 bridgehead atoms. The van der Waals surface area contributed by atoms with Crippen LogP contribution in [0.25, 0.3) is 0 Å². The first kappa shape index (κ1) is 25.7. The molecule has 1 saturated heterocycles. The molecule has 0 aliphatic carbocycles. The third kappa shape index (κ3) is 11.4. The molecule has 0 spiro atoms. The lowest BCUT2D eigenvalue weighted by molar-refractivity contribution is -0.932. The molecule has 1 aliphatic heterocycles. The summed E-state index contributed by atoms with van der Waals surface area (Å²) in [5, 5.41) is 0. The number of alkyl halides is 3. The van der Waals surface area contributed by atoms with Crippen LogP contribution in [0.1, 0.15) is 84.5 Å². The summed E-state index contributed by atoms with van der Waals surface area (Å²) in [5.41, 5.74) is -5.65. The second kappa shape index (κ2) is 12.9. The van der Waals surface area contributed by atoms with Crippen LogP contribution in [0.5, 0.6) is 0 Å². The first-order valence-corrected chi connectivity index (χ1v) is 11.4. The molecule has 1 aliphatic rings. The van der Waals surface area contributed by atoms with Crippen LogP contribution in [-0.4, -0.2) is 49.1 Å². The Morgan fingerprint density at radius 1 is 0.808 bits per heavy atom. The Labute approximate surface area is 157 Å². The maximum absolute atomic E-state index is 10.7. The average Bonchev–Trinajstić information content (AvgIpc) is 2.54. The van der Waals surface area contributed by atoms with Crippen molar-refractivity contribution < 1.29 is 30.6 Å². The van der Waals surface area contributed by atoms with Gasteiger partial charge in [0.2, 0.25) is 0 Å². The van der Waals surface area contributed by atoms with Gasteiger partial charge in [-0.2, -0.15) is 13.2 Å². The number of rotatable bonds is 10. The summed E-state index contributed by atoms with van der Waals surface area (Å²) in [4.78, 5) is 0. The van der Waals surface area contributed by atoms with Gasteiger partial charge in [0.25, 0.3) is 0 Å². The third-order valence-electron chi connectivity index (χ3n) is 4.98. The van der Waals surface area contributed by atoms with Gasteiger partial charge >= 0.3 is 5.51 Å². The van der Waals surface area contributed by atoms with Crippen molar-refractivity contribution in [2.45, 2.75) is 90.0 Å². The van der Waals surface area contributed by atoms with Crippen LogP contribution in [0.3, 0.4) is 0 Å². The zero-order valence-corrected chi connectivity index (χ0v) is 17.1. The molecule has 4 nitrogen and oxygen atoms in total. The highest BCUT2D eigenvalue weighted by atomic mass is 32.2. The molecule has 0 N–H and O–H groups in total. The van der Waals surface area contributed by atoms with E-state index in [4.69, 9.17) is 13.0 Å². The maximum atomic E-state index is 10.7. The Kier molecular flexibility index (Phi) is 12.8. The highest BCUT2D eigenvalue weighted by molar-refractivity contribution is 7.86. The second-order valence-corrected chi connectivity index (χ2v) is 8.69. The highest BCUT2D eigenvalue weighted by Crippen LogP contribution is 2.21. The highest BCUT2D eigenvalue weighted by Gasteiger charge is 2.36. The van der Waals surface area contributed by atoms with Crippen molar-refractivity contribution in [2.75, 3.05) is 26.2 Å². The fraction of sp³-hybridized carbons (Fsp3) is 1.00. The summed E-state index contributed by atoms with van der Waals surface area (Å²) in [5.74, 6) is 0. The molecule has 1 heterocycles. The van der Waals surface area contributed by atoms with Gasteiger partial charge in [0.15, 0.2) is 10.1 Å². The molecule has 0 aromatic carbocycles. The Balaban J connectivity index is 0.000000660. The molecule has 1 rings (SSSR count). The normalized spacial score (nSPS) is 17.5. The number of hydrogen-bond donors (Lipinski definition) is 0. The van der Waals surface area contributed by atoms with Crippen molar-refractivity contribution >= 4 is 10.1 Å². The summed E-state index contributed by atoms with van der Waals surface area (Å²) in [6, 6.07) is 0. The van der Waals surface area contributed by atoms with Crippen LogP contribution < -0.4 is 0 Å². The van der Waals surface area contributed by atoms with E-state index in [9.17, 15) is 13.2 Å². The lowest BCUT2D eigenvalue weighted by Gasteiger charge is -2.41. The maximum Gasteiger partial charge on any atom is 0.485 e. The van der Waals surface area contributed by atoms with Gasteiger partial charge in [0, 0.05) is 0 Å². The summed E-state index contributed by atoms with van der Waals surface area (Å²) in [6.45, 7) is 10.5. The Bertz CT molecular complexity index is 442. The quantitative estimate of drug-likeness (QED) is 0.218. The van der Waals surface area contributed by atoms with E-state index in [-0.39, 0.29) is 0 Å². The van der Waals surface area contributed by atoms with Gasteiger partial charge in [0.05, 0.1) is 26.2 Å². The van der Waals surface area contributed by atoms with Crippen LogP contribution in [0.2, 0.25) is 0 Å². The number of unbranched alkanes of at least 4 members (excludes halogenated alkanes) is 6. The number of likely N-dealkylation sites (tertiary alicyclic amines) is 1. The molecule has 158 valence electrons. The zero-order valence-electron chi connectivity index (χ0n) is 16.3. The molecule has 0 saturated carbocycles. The predicted molar refractivity (Wildman–Crippen MR) is 97.6 cm³/mol. The Morgan fingerprint density at radius 3 is 1.69 bits per heavy atom. The standard InChI is InChI=1S/C17H36N.CHF3O3S/c1-3-5-6-7-8-9-11-15-18(14-4-2)16-12-10-13-17-18;2-1(3,4)8(5,6)7/h3-17H2,1-2H3;(H,5,6,7)/q+1;/p-1. The minimum Gasteiger partial charge on any atom is -0.741 e. The van der Waals surface area contributed by atoms with E-state index < -0.39 is 15.6 Å². The molecule has 0 unspecified atom stereocenters. The van der Waals surface area contributed by atoms with Gasteiger partial charge in [-0.15, -0.1) is 0 Å². The van der Waals surface area contributed by atoms with Gasteiger partial charge in [-0.05, 0) is 38.5 Å². The number of quaternary nitrogens is 1. The lowest BCUT2D eigenvalue weighted by Crippen LogP contribution is -2.52. The molecule has 0 aromatic heterocycles. The minimum absolute atomic E-state index is 1.37. The van der Waals surface area contributed by atoms with Gasteiger partial charge in [-0.25, -0.2) is 8.42 Å². The predicted octanol–water partition coefficient (Wildman–Crippen LogP) is 5.20.